The van der Waals surface area contributed by atoms with Crippen LogP contribution in [0.25, 0.3) is 0 Å². The van der Waals surface area contributed by atoms with Crippen molar-refractivity contribution in [1.82, 2.24) is 0 Å². The van der Waals surface area contributed by atoms with E-state index in [1.165, 1.54) is 12.8 Å². The molecule has 1 atom stereocenters. The fourth-order valence-electron chi connectivity index (χ4n) is 1.45. The number of hydrogen-bond donors (Lipinski definition) is 1. The molecule has 3 heteroatoms. The van der Waals surface area contributed by atoms with Gasteiger partial charge in [0.1, 0.15) is 0 Å². The van der Waals surface area contributed by atoms with E-state index in [4.69, 9.17) is 15.2 Å². The fourth-order valence-corrected chi connectivity index (χ4v) is 1.45. The standard InChI is InChI=1S/C12H21NO2/c13-9-5-2-1-3-6-10-14-12-8-4-7-11-15-12/h12H,2,4-11,13H2. The molecule has 1 rings (SSSR count). The normalized spacial score (nSPS) is 20.7. The third-order valence-electron chi connectivity index (χ3n) is 2.30. The summed E-state index contributed by atoms with van der Waals surface area (Å²) in [7, 11) is 0. The van der Waals surface area contributed by atoms with E-state index in [0.717, 1.165) is 38.8 Å². The molecule has 0 radical (unpaired) electrons. The summed E-state index contributed by atoms with van der Waals surface area (Å²) in [5.74, 6) is 6.15. The zero-order chi connectivity index (χ0) is 10.8. The Labute approximate surface area is 92.3 Å². The highest BCUT2D eigenvalue weighted by Gasteiger charge is 2.12. The van der Waals surface area contributed by atoms with Crippen molar-refractivity contribution in [1.29, 1.82) is 0 Å². The Bertz CT molecular complexity index is 201. The Morgan fingerprint density at radius 3 is 2.87 bits per heavy atom. The third kappa shape index (κ3) is 6.51. The number of ether oxygens (including phenoxy) is 2. The monoisotopic (exact) mass is 211 g/mol. The van der Waals surface area contributed by atoms with Gasteiger partial charge in [0.05, 0.1) is 6.61 Å². The van der Waals surface area contributed by atoms with Crippen LogP contribution in [-0.4, -0.2) is 26.0 Å². The molecule has 1 fully saturated rings. The second-order valence-electron chi connectivity index (χ2n) is 3.66. The summed E-state index contributed by atoms with van der Waals surface area (Å²) in [5, 5.41) is 0. The van der Waals surface area contributed by atoms with E-state index in [-0.39, 0.29) is 6.29 Å². The van der Waals surface area contributed by atoms with Gasteiger partial charge in [-0.3, -0.25) is 0 Å². The van der Waals surface area contributed by atoms with Crippen molar-refractivity contribution >= 4 is 0 Å². The SMILES string of the molecule is NCCCC#CCCOC1CCCCO1. The van der Waals surface area contributed by atoms with E-state index in [1.54, 1.807) is 0 Å². The molecule has 0 bridgehead atoms. The van der Waals surface area contributed by atoms with Gasteiger partial charge in [-0.25, -0.2) is 0 Å². The highest BCUT2D eigenvalue weighted by atomic mass is 16.7. The topological polar surface area (TPSA) is 44.5 Å². The number of rotatable bonds is 5. The molecule has 0 aromatic heterocycles. The van der Waals surface area contributed by atoms with Gasteiger partial charge in [-0.15, -0.1) is 11.8 Å². The molecule has 1 aliphatic rings. The van der Waals surface area contributed by atoms with Gasteiger partial charge in [-0.2, -0.15) is 0 Å². The third-order valence-corrected chi connectivity index (χ3v) is 2.30. The molecule has 1 saturated heterocycles. The lowest BCUT2D eigenvalue weighted by atomic mass is 10.2. The molecule has 86 valence electrons. The van der Waals surface area contributed by atoms with Crippen LogP contribution in [0.4, 0.5) is 0 Å². The van der Waals surface area contributed by atoms with Crippen LogP contribution >= 0.6 is 0 Å². The van der Waals surface area contributed by atoms with Crippen molar-refractivity contribution in [3.8, 4) is 11.8 Å². The average molecular weight is 211 g/mol. The van der Waals surface area contributed by atoms with Gasteiger partial charge in [0, 0.05) is 19.4 Å². The second kappa shape index (κ2) is 8.72. The van der Waals surface area contributed by atoms with Crippen LogP contribution < -0.4 is 5.73 Å². The van der Waals surface area contributed by atoms with Crippen LogP contribution in [0.3, 0.4) is 0 Å². The fraction of sp³-hybridized carbons (Fsp3) is 0.833. The number of nitrogens with two attached hydrogens (primary N) is 1. The number of hydrogen-bond acceptors (Lipinski definition) is 3. The molecule has 0 aromatic carbocycles. The van der Waals surface area contributed by atoms with Crippen molar-refractivity contribution in [2.24, 2.45) is 5.73 Å². The van der Waals surface area contributed by atoms with Crippen LogP contribution in [0.1, 0.15) is 38.5 Å². The molecule has 15 heavy (non-hydrogen) atoms. The van der Waals surface area contributed by atoms with Gasteiger partial charge >= 0.3 is 0 Å². The first kappa shape index (κ1) is 12.5. The maximum absolute atomic E-state index is 5.54. The zero-order valence-corrected chi connectivity index (χ0v) is 9.34. The summed E-state index contributed by atoms with van der Waals surface area (Å²) in [4.78, 5) is 0. The summed E-state index contributed by atoms with van der Waals surface area (Å²) in [6, 6.07) is 0. The zero-order valence-electron chi connectivity index (χ0n) is 9.34. The molecular weight excluding hydrogens is 190 g/mol. The molecule has 0 aliphatic carbocycles. The minimum absolute atomic E-state index is 0.0181. The van der Waals surface area contributed by atoms with E-state index >= 15 is 0 Å². The number of unbranched alkanes of at least 4 members (excludes halogenated alkanes) is 1. The molecule has 0 aromatic rings. The van der Waals surface area contributed by atoms with Crippen LogP contribution in [0.5, 0.6) is 0 Å². The molecule has 3 nitrogen and oxygen atoms in total. The van der Waals surface area contributed by atoms with Crippen molar-refractivity contribution < 1.29 is 9.47 Å². The van der Waals surface area contributed by atoms with Gasteiger partial charge in [0.25, 0.3) is 0 Å². The maximum Gasteiger partial charge on any atom is 0.157 e. The van der Waals surface area contributed by atoms with Crippen LogP contribution in [-0.2, 0) is 9.47 Å². The molecule has 0 amide bonds. The van der Waals surface area contributed by atoms with Crippen molar-refractivity contribution in [3.05, 3.63) is 0 Å². The Hall–Kier alpha value is -0.560. The smallest absolute Gasteiger partial charge is 0.157 e. The molecule has 1 unspecified atom stereocenters. The van der Waals surface area contributed by atoms with E-state index in [1.807, 2.05) is 0 Å². The maximum atomic E-state index is 5.54. The van der Waals surface area contributed by atoms with Gasteiger partial charge in [-0.05, 0) is 32.2 Å². The lowest BCUT2D eigenvalue weighted by molar-refractivity contribution is -0.161. The van der Waals surface area contributed by atoms with Gasteiger partial charge in [-0.1, -0.05) is 0 Å². The van der Waals surface area contributed by atoms with Gasteiger partial charge < -0.3 is 15.2 Å². The van der Waals surface area contributed by atoms with E-state index in [2.05, 4.69) is 11.8 Å². The van der Waals surface area contributed by atoms with E-state index in [9.17, 15) is 0 Å². The predicted octanol–water partition coefficient (Wildman–Crippen LogP) is 1.66. The summed E-state index contributed by atoms with van der Waals surface area (Å²) in [6.07, 6.45) is 6.11. The van der Waals surface area contributed by atoms with Crippen LogP contribution in [0, 0.1) is 11.8 Å². The largest absolute Gasteiger partial charge is 0.353 e. The molecule has 1 aliphatic heterocycles. The highest BCUT2D eigenvalue weighted by Crippen LogP contribution is 2.13. The molecule has 0 saturated carbocycles. The van der Waals surface area contributed by atoms with Crippen molar-refractivity contribution in [2.45, 2.75) is 44.8 Å². The first-order chi connectivity index (χ1) is 7.43. The minimum Gasteiger partial charge on any atom is -0.353 e. The van der Waals surface area contributed by atoms with Crippen molar-refractivity contribution in [2.75, 3.05) is 19.8 Å². The predicted molar refractivity (Wildman–Crippen MR) is 60.2 cm³/mol. The Kier molecular flexibility index (Phi) is 7.28. The van der Waals surface area contributed by atoms with Crippen LogP contribution in [0.15, 0.2) is 0 Å². The Morgan fingerprint density at radius 1 is 1.27 bits per heavy atom. The summed E-state index contributed by atoms with van der Waals surface area (Å²) in [6.45, 7) is 2.24. The highest BCUT2D eigenvalue weighted by molar-refractivity contribution is 4.98. The summed E-state index contributed by atoms with van der Waals surface area (Å²) in [5.41, 5.74) is 5.36. The molecule has 2 N–H and O–H groups in total. The quantitative estimate of drug-likeness (QED) is 0.555. The second-order valence-corrected chi connectivity index (χ2v) is 3.66. The molecule has 1 heterocycles. The van der Waals surface area contributed by atoms with Gasteiger partial charge in [0.15, 0.2) is 6.29 Å². The first-order valence-electron chi connectivity index (χ1n) is 5.82. The van der Waals surface area contributed by atoms with E-state index in [0.29, 0.717) is 6.61 Å². The summed E-state index contributed by atoms with van der Waals surface area (Å²) >= 11 is 0. The van der Waals surface area contributed by atoms with Crippen molar-refractivity contribution in [3.63, 3.8) is 0 Å². The summed E-state index contributed by atoms with van der Waals surface area (Å²) < 4.78 is 11.0. The molecule has 0 spiro atoms. The lowest BCUT2D eigenvalue weighted by Gasteiger charge is -2.22. The first-order valence-corrected chi connectivity index (χ1v) is 5.82. The van der Waals surface area contributed by atoms with E-state index < -0.39 is 0 Å². The lowest BCUT2D eigenvalue weighted by Crippen LogP contribution is -2.22. The molecular formula is C12H21NO2. The Morgan fingerprint density at radius 2 is 2.13 bits per heavy atom. The van der Waals surface area contributed by atoms with Crippen LogP contribution in [0.2, 0.25) is 0 Å². The van der Waals surface area contributed by atoms with Gasteiger partial charge in [0.2, 0.25) is 0 Å². The average Bonchev–Trinajstić information content (AvgIpc) is 2.29. The Balaban J connectivity index is 1.92. The minimum atomic E-state index is 0.0181.